The highest BCUT2D eigenvalue weighted by Crippen LogP contribution is 2.34. The van der Waals surface area contributed by atoms with E-state index in [1.54, 1.807) is 19.1 Å². The third kappa shape index (κ3) is 5.63. The van der Waals surface area contributed by atoms with E-state index in [0.717, 1.165) is 0 Å². The fourth-order valence-electron chi connectivity index (χ4n) is 2.62. The summed E-state index contributed by atoms with van der Waals surface area (Å²) in [5.74, 6) is 0.995. The van der Waals surface area contributed by atoms with Gasteiger partial charge in [-0.15, -0.1) is 0 Å². The quantitative estimate of drug-likeness (QED) is 0.643. The van der Waals surface area contributed by atoms with Gasteiger partial charge in [0, 0.05) is 23.7 Å². The van der Waals surface area contributed by atoms with E-state index < -0.39 is 12.5 Å². The molecule has 1 amide bonds. The predicted octanol–water partition coefficient (Wildman–Crippen LogP) is 3.64. The molecule has 0 unspecified atom stereocenters. The number of benzene rings is 2. The summed E-state index contributed by atoms with van der Waals surface area (Å²) in [4.78, 5) is 12.5. The molecule has 2 aromatic rings. The number of carbonyl (C=O) groups excluding carboxylic acids is 1. The summed E-state index contributed by atoms with van der Waals surface area (Å²) in [6.45, 7) is -0.927. The number of hydrogen-bond acceptors (Lipinski definition) is 6. The summed E-state index contributed by atoms with van der Waals surface area (Å²) >= 11 is 0. The first-order valence-electron chi connectivity index (χ1n) is 8.72. The van der Waals surface area contributed by atoms with E-state index in [0.29, 0.717) is 22.8 Å². The lowest BCUT2D eigenvalue weighted by atomic mass is 10.1. The average molecular weight is 411 g/mol. The van der Waals surface area contributed by atoms with Crippen LogP contribution in [0, 0.1) is 0 Å². The Morgan fingerprint density at radius 1 is 0.931 bits per heavy atom. The average Bonchev–Trinajstić information content (AvgIpc) is 2.72. The SMILES string of the molecule is CCOc1cc(C(=O)NCc2cc(OC)c(OC)cc2OC)ccc1OC(F)F. The number of rotatable bonds is 10. The number of alkyl halides is 2. The summed E-state index contributed by atoms with van der Waals surface area (Å²) in [5, 5.41) is 2.75. The van der Waals surface area contributed by atoms with Gasteiger partial charge >= 0.3 is 6.61 Å². The third-order valence-electron chi connectivity index (χ3n) is 3.95. The van der Waals surface area contributed by atoms with Crippen molar-refractivity contribution >= 4 is 5.91 Å². The second-order valence-electron chi connectivity index (χ2n) is 5.67. The van der Waals surface area contributed by atoms with Crippen molar-refractivity contribution in [3.63, 3.8) is 0 Å². The first kappa shape index (κ1) is 22.1. The highest BCUT2D eigenvalue weighted by Gasteiger charge is 2.16. The molecule has 0 aliphatic heterocycles. The Balaban J connectivity index is 2.19. The lowest BCUT2D eigenvalue weighted by Crippen LogP contribution is -2.23. The molecule has 0 heterocycles. The number of halogens is 2. The molecule has 0 saturated heterocycles. The monoisotopic (exact) mass is 411 g/mol. The van der Waals surface area contributed by atoms with E-state index >= 15 is 0 Å². The zero-order valence-electron chi connectivity index (χ0n) is 16.6. The first-order chi connectivity index (χ1) is 13.9. The molecule has 2 aromatic carbocycles. The second-order valence-corrected chi connectivity index (χ2v) is 5.67. The molecule has 0 aliphatic carbocycles. The summed E-state index contributed by atoms with van der Waals surface area (Å²) in [6.07, 6.45) is 0. The summed E-state index contributed by atoms with van der Waals surface area (Å²) < 4.78 is 50.6. The van der Waals surface area contributed by atoms with Crippen molar-refractivity contribution < 1.29 is 37.3 Å². The standard InChI is InChI=1S/C20H23F2NO6/c1-5-28-18-8-12(6-7-14(18)29-20(21)22)19(24)23-11-13-9-16(26-3)17(27-4)10-15(13)25-2/h6-10,20H,5,11H2,1-4H3,(H,23,24). The van der Waals surface area contributed by atoms with Gasteiger partial charge in [-0.3, -0.25) is 4.79 Å². The van der Waals surface area contributed by atoms with Gasteiger partial charge in [0.1, 0.15) is 5.75 Å². The lowest BCUT2D eigenvalue weighted by molar-refractivity contribution is -0.0514. The molecule has 0 atom stereocenters. The van der Waals surface area contributed by atoms with Crippen LogP contribution in [0.25, 0.3) is 0 Å². The van der Waals surface area contributed by atoms with Crippen molar-refractivity contribution in [2.75, 3.05) is 27.9 Å². The van der Waals surface area contributed by atoms with Gasteiger partial charge in [-0.1, -0.05) is 0 Å². The summed E-state index contributed by atoms with van der Waals surface area (Å²) in [5.41, 5.74) is 0.899. The third-order valence-corrected chi connectivity index (χ3v) is 3.95. The molecule has 7 nitrogen and oxygen atoms in total. The normalized spacial score (nSPS) is 10.4. The van der Waals surface area contributed by atoms with E-state index in [9.17, 15) is 13.6 Å². The maximum absolute atomic E-state index is 12.5. The first-order valence-corrected chi connectivity index (χ1v) is 8.72. The van der Waals surface area contributed by atoms with Crippen LogP contribution in [0.4, 0.5) is 8.78 Å². The van der Waals surface area contributed by atoms with Crippen LogP contribution in [0.2, 0.25) is 0 Å². The van der Waals surface area contributed by atoms with Crippen molar-refractivity contribution in [1.29, 1.82) is 0 Å². The van der Waals surface area contributed by atoms with Crippen LogP contribution in [0.3, 0.4) is 0 Å². The molecular weight excluding hydrogens is 388 g/mol. The van der Waals surface area contributed by atoms with Crippen molar-refractivity contribution in [2.24, 2.45) is 0 Å². The molecule has 0 aliphatic rings. The van der Waals surface area contributed by atoms with Crippen LogP contribution < -0.4 is 29.0 Å². The molecule has 9 heteroatoms. The zero-order chi connectivity index (χ0) is 21.4. The van der Waals surface area contributed by atoms with Crippen LogP contribution in [0.15, 0.2) is 30.3 Å². The van der Waals surface area contributed by atoms with Crippen LogP contribution >= 0.6 is 0 Å². The number of carbonyl (C=O) groups is 1. The molecule has 158 valence electrons. The smallest absolute Gasteiger partial charge is 0.387 e. The molecule has 29 heavy (non-hydrogen) atoms. The van der Waals surface area contributed by atoms with Crippen LogP contribution in [-0.2, 0) is 6.54 Å². The summed E-state index contributed by atoms with van der Waals surface area (Å²) in [7, 11) is 4.52. The van der Waals surface area contributed by atoms with Crippen molar-refractivity contribution in [3.05, 3.63) is 41.5 Å². The number of nitrogens with one attached hydrogen (secondary N) is 1. The minimum Gasteiger partial charge on any atom is -0.496 e. The van der Waals surface area contributed by atoms with Crippen molar-refractivity contribution in [3.8, 4) is 28.7 Å². The minimum atomic E-state index is -2.99. The van der Waals surface area contributed by atoms with E-state index in [2.05, 4.69) is 10.1 Å². The van der Waals surface area contributed by atoms with Gasteiger partial charge in [0.15, 0.2) is 23.0 Å². The van der Waals surface area contributed by atoms with Gasteiger partial charge in [-0.05, 0) is 31.2 Å². The van der Waals surface area contributed by atoms with Crippen molar-refractivity contribution in [1.82, 2.24) is 5.32 Å². The molecule has 0 saturated carbocycles. The Hall–Kier alpha value is -3.23. The maximum Gasteiger partial charge on any atom is 0.387 e. The lowest BCUT2D eigenvalue weighted by Gasteiger charge is -2.15. The van der Waals surface area contributed by atoms with Crippen LogP contribution in [0.5, 0.6) is 28.7 Å². The molecule has 0 fully saturated rings. The van der Waals surface area contributed by atoms with Gasteiger partial charge in [0.25, 0.3) is 5.91 Å². The van der Waals surface area contributed by atoms with E-state index in [1.165, 1.54) is 39.5 Å². The number of hydrogen-bond donors (Lipinski definition) is 1. The van der Waals surface area contributed by atoms with E-state index in [4.69, 9.17) is 18.9 Å². The number of methoxy groups -OCH3 is 3. The second kappa shape index (κ2) is 10.4. The Bertz CT molecular complexity index is 844. The number of amides is 1. The molecule has 0 spiro atoms. The highest BCUT2D eigenvalue weighted by molar-refractivity contribution is 5.94. The van der Waals surface area contributed by atoms with Crippen LogP contribution in [-0.4, -0.2) is 40.5 Å². The van der Waals surface area contributed by atoms with E-state index in [-0.39, 0.29) is 30.2 Å². The molecule has 0 radical (unpaired) electrons. The Labute approximate surface area is 167 Å². The molecular formula is C20H23F2NO6. The van der Waals surface area contributed by atoms with Gasteiger partial charge in [0.05, 0.1) is 27.9 Å². The highest BCUT2D eigenvalue weighted by atomic mass is 19.3. The van der Waals surface area contributed by atoms with Gasteiger partial charge in [-0.25, -0.2) is 0 Å². The minimum absolute atomic E-state index is 0.0594. The molecule has 0 bridgehead atoms. The van der Waals surface area contributed by atoms with Gasteiger partial charge in [0.2, 0.25) is 0 Å². The Kier molecular flexibility index (Phi) is 7.88. The topological polar surface area (TPSA) is 75.3 Å². The Morgan fingerprint density at radius 3 is 2.17 bits per heavy atom. The maximum atomic E-state index is 12.5. The number of ether oxygens (including phenoxy) is 5. The fourth-order valence-corrected chi connectivity index (χ4v) is 2.62. The van der Waals surface area contributed by atoms with Crippen LogP contribution in [0.1, 0.15) is 22.8 Å². The summed E-state index contributed by atoms with van der Waals surface area (Å²) in [6, 6.07) is 7.35. The van der Waals surface area contributed by atoms with Gasteiger partial charge in [-0.2, -0.15) is 8.78 Å². The van der Waals surface area contributed by atoms with Crippen molar-refractivity contribution in [2.45, 2.75) is 20.1 Å². The largest absolute Gasteiger partial charge is 0.496 e. The predicted molar refractivity (Wildman–Crippen MR) is 102 cm³/mol. The molecule has 0 aromatic heterocycles. The Morgan fingerprint density at radius 2 is 1.59 bits per heavy atom. The van der Waals surface area contributed by atoms with Gasteiger partial charge < -0.3 is 29.0 Å². The molecule has 1 N–H and O–H groups in total. The zero-order valence-corrected chi connectivity index (χ0v) is 16.6. The van der Waals surface area contributed by atoms with E-state index in [1.807, 2.05) is 0 Å². The molecule has 2 rings (SSSR count). The fraction of sp³-hybridized carbons (Fsp3) is 0.350.